The summed E-state index contributed by atoms with van der Waals surface area (Å²) in [7, 11) is 0. The number of benzene rings is 1. The number of nitrogens with one attached hydrogen (secondary N) is 1. The maximum absolute atomic E-state index is 12.3. The number of aromatic nitrogens is 2. The van der Waals surface area contributed by atoms with Crippen molar-refractivity contribution in [1.29, 1.82) is 0 Å². The molecule has 7 heteroatoms. The van der Waals surface area contributed by atoms with Gasteiger partial charge in [-0.1, -0.05) is 30.3 Å². The van der Waals surface area contributed by atoms with E-state index < -0.39 is 0 Å². The highest BCUT2D eigenvalue weighted by Crippen LogP contribution is 2.17. The van der Waals surface area contributed by atoms with Gasteiger partial charge in [0.25, 0.3) is 0 Å². The largest absolute Gasteiger partial charge is 0.369 e. The molecule has 3 N–H and O–H groups in total. The lowest BCUT2D eigenvalue weighted by atomic mass is 9.96. The van der Waals surface area contributed by atoms with Crippen molar-refractivity contribution in [3.8, 4) is 0 Å². The number of nitrogens with two attached hydrogens (primary N) is 1. The number of nitrogens with zero attached hydrogens (tertiary/aromatic N) is 3. The van der Waals surface area contributed by atoms with E-state index in [2.05, 4.69) is 27.4 Å². The maximum atomic E-state index is 12.3. The van der Waals surface area contributed by atoms with Crippen LogP contribution in [0.4, 0.5) is 0 Å². The number of aryl methyl sites for hydroxylation is 1. The van der Waals surface area contributed by atoms with Crippen molar-refractivity contribution in [3.63, 3.8) is 0 Å². The molecule has 1 saturated heterocycles. The summed E-state index contributed by atoms with van der Waals surface area (Å²) in [6.07, 6.45) is 1.46. The van der Waals surface area contributed by atoms with Crippen LogP contribution in [-0.4, -0.2) is 46.1 Å². The fourth-order valence-corrected chi connectivity index (χ4v) is 3.72. The fourth-order valence-electron chi connectivity index (χ4n) is 3.72. The van der Waals surface area contributed by atoms with Gasteiger partial charge < -0.3 is 11.1 Å². The standard InChI is InChI=1S/C21H29N5O2/c1-15-19(16(2)26(24-15)13-17-6-4-3-5-7-17)12-23-20(27)14-25-10-8-18(9-11-25)21(22)28/h3-7,18H,8-14H2,1-2H3,(H2,22,28)(H,23,27). The minimum absolute atomic E-state index is 0.00728. The number of hydrogen-bond acceptors (Lipinski definition) is 4. The minimum Gasteiger partial charge on any atom is -0.369 e. The molecule has 0 bridgehead atoms. The third-order valence-corrected chi connectivity index (χ3v) is 5.53. The number of amides is 2. The molecule has 2 amide bonds. The molecule has 0 saturated carbocycles. The van der Waals surface area contributed by atoms with Crippen molar-refractivity contribution in [2.45, 2.75) is 39.8 Å². The first-order chi connectivity index (χ1) is 13.4. The summed E-state index contributed by atoms with van der Waals surface area (Å²) in [5.74, 6) is -0.297. The van der Waals surface area contributed by atoms with Gasteiger partial charge >= 0.3 is 0 Å². The lowest BCUT2D eigenvalue weighted by Gasteiger charge is -2.29. The molecule has 28 heavy (non-hydrogen) atoms. The van der Waals surface area contributed by atoms with E-state index in [1.807, 2.05) is 36.7 Å². The van der Waals surface area contributed by atoms with Crippen LogP contribution in [0.2, 0.25) is 0 Å². The zero-order valence-electron chi connectivity index (χ0n) is 16.6. The van der Waals surface area contributed by atoms with E-state index >= 15 is 0 Å². The van der Waals surface area contributed by atoms with E-state index in [4.69, 9.17) is 5.73 Å². The molecule has 0 spiro atoms. The quantitative estimate of drug-likeness (QED) is 0.755. The van der Waals surface area contributed by atoms with Gasteiger partial charge in [0.05, 0.1) is 18.8 Å². The lowest BCUT2D eigenvalue weighted by molar-refractivity contribution is -0.124. The Morgan fingerprint density at radius 3 is 2.50 bits per heavy atom. The molecule has 7 nitrogen and oxygen atoms in total. The summed E-state index contributed by atoms with van der Waals surface area (Å²) >= 11 is 0. The summed E-state index contributed by atoms with van der Waals surface area (Å²) < 4.78 is 1.99. The van der Waals surface area contributed by atoms with Gasteiger partial charge in [-0.3, -0.25) is 19.2 Å². The molecule has 1 aliphatic rings. The average Bonchev–Trinajstić information content (AvgIpc) is 2.94. The topological polar surface area (TPSA) is 93.2 Å². The molecule has 1 aromatic heterocycles. The molecule has 0 radical (unpaired) electrons. The van der Waals surface area contributed by atoms with Gasteiger partial charge in [-0.25, -0.2) is 0 Å². The predicted molar refractivity (Wildman–Crippen MR) is 107 cm³/mol. The Hall–Kier alpha value is -2.67. The molecule has 0 aliphatic carbocycles. The number of primary amides is 1. The van der Waals surface area contributed by atoms with E-state index in [1.54, 1.807) is 0 Å². The van der Waals surface area contributed by atoms with Crippen molar-refractivity contribution < 1.29 is 9.59 Å². The van der Waals surface area contributed by atoms with Crippen molar-refractivity contribution >= 4 is 11.8 Å². The van der Waals surface area contributed by atoms with E-state index in [1.165, 1.54) is 5.56 Å². The molecule has 2 aromatic rings. The Labute approximate surface area is 165 Å². The molecule has 3 rings (SSSR count). The highest BCUT2D eigenvalue weighted by atomic mass is 16.2. The number of piperidine rings is 1. The highest BCUT2D eigenvalue weighted by Gasteiger charge is 2.24. The van der Waals surface area contributed by atoms with Crippen molar-refractivity contribution in [1.82, 2.24) is 20.0 Å². The van der Waals surface area contributed by atoms with Crippen LogP contribution < -0.4 is 11.1 Å². The Bertz CT molecular complexity index is 823. The first-order valence-corrected chi connectivity index (χ1v) is 9.79. The number of likely N-dealkylation sites (tertiary alicyclic amines) is 1. The van der Waals surface area contributed by atoms with Gasteiger partial charge in [-0.15, -0.1) is 0 Å². The number of carbonyl (C=O) groups excluding carboxylic acids is 2. The smallest absolute Gasteiger partial charge is 0.234 e. The van der Waals surface area contributed by atoms with Crippen LogP contribution in [0.15, 0.2) is 30.3 Å². The van der Waals surface area contributed by atoms with Crippen molar-refractivity contribution in [2.24, 2.45) is 11.7 Å². The Balaban J connectivity index is 1.52. The highest BCUT2D eigenvalue weighted by molar-refractivity contribution is 5.78. The van der Waals surface area contributed by atoms with Gasteiger partial charge in [0.2, 0.25) is 11.8 Å². The molecular formula is C21H29N5O2. The van der Waals surface area contributed by atoms with Gasteiger partial charge in [-0.05, 0) is 45.3 Å². The van der Waals surface area contributed by atoms with E-state index in [9.17, 15) is 9.59 Å². The summed E-state index contributed by atoms with van der Waals surface area (Å²) in [6.45, 7) is 7.02. The first kappa shape index (κ1) is 20.1. The zero-order chi connectivity index (χ0) is 20.1. The summed E-state index contributed by atoms with van der Waals surface area (Å²) in [5, 5.41) is 7.65. The predicted octanol–water partition coefficient (Wildman–Crippen LogP) is 1.36. The van der Waals surface area contributed by atoms with Crippen LogP contribution in [-0.2, 0) is 22.7 Å². The molecule has 0 atom stereocenters. The second kappa shape index (κ2) is 9.01. The summed E-state index contributed by atoms with van der Waals surface area (Å²) in [6, 6.07) is 10.2. The van der Waals surface area contributed by atoms with Crippen LogP contribution in [0, 0.1) is 19.8 Å². The molecule has 150 valence electrons. The first-order valence-electron chi connectivity index (χ1n) is 9.79. The number of hydrogen-bond donors (Lipinski definition) is 2. The molecule has 0 unspecified atom stereocenters. The second-order valence-electron chi connectivity index (χ2n) is 7.52. The summed E-state index contributed by atoms with van der Waals surface area (Å²) in [4.78, 5) is 25.7. The van der Waals surface area contributed by atoms with Crippen LogP contribution in [0.3, 0.4) is 0 Å². The van der Waals surface area contributed by atoms with Gasteiger partial charge in [0, 0.05) is 23.7 Å². The Kier molecular flexibility index (Phi) is 6.46. The van der Waals surface area contributed by atoms with Gasteiger partial charge in [-0.2, -0.15) is 5.10 Å². The van der Waals surface area contributed by atoms with Crippen LogP contribution in [0.5, 0.6) is 0 Å². The maximum Gasteiger partial charge on any atom is 0.234 e. The van der Waals surface area contributed by atoms with Crippen LogP contribution in [0.25, 0.3) is 0 Å². The van der Waals surface area contributed by atoms with E-state index in [0.29, 0.717) is 13.1 Å². The molecule has 1 fully saturated rings. The average molecular weight is 383 g/mol. The van der Waals surface area contributed by atoms with Gasteiger partial charge in [0.15, 0.2) is 0 Å². The van der Waals surface area contributed by atoms with Gasteiger partial charge in [0.1, 0.15) is 0 Å². The third kappa shape index (κ3) is 4.98. The number of rotatable bonds is 7. The monoisotopic (exact) mass is 383 g/mol. The lowest BCUT2D eigenvalue weighted by Crippen LogP contribution is -2.43. The molecular weight excluding hydrogens is 354 g/mol. The number of carbonyl (C=O) groups is 2. The zero-order valence-corrected chi connectivity index (χ0v) is 16.6. The normalized spacial score (nSPS) is 15.5. The third-order valence-electron chi connectivity index (χ3n) is 5.53. The summed E-state index contributed by atoms with van der Waals surface area (Å²) in [5.41, 5.74) is 9.64. The van der Waals surface area contributed by atoms with E-state index in [-0.39, 0.29) is 17.7 Å². The van der Waals surface area contributed by atoms with E-state index in [0.717, 1.165) is 49.4 Å². The Morgan fingerprint density at radius 1 is 1.18 bits per heavy atom. The fraction of sp³-hybridized carbons (Fsp3) is 0.476. The second-order valence-corrected chi connectivity index (χ2v) is 7.52. The molecule has 2 heterocycles. The van der Waals surface area contributed by atoms with Crippen LogP contribution >= 0.6 is 0 Å². The molecule has 1 aliphatic heterocycles. The van der Waals surface area contributed by atoms with Crippen LogP contribution in [0.1, 0.15) is 35.4 Å². The Morgan fingerprint density at radius 2 is 1.86 bits per heavy atom. The van der Waals surface area contributed by atoms with Crippen molar-refractivity contribution in [3.05, 3.63) is 52.8 Å². The minimum atomic E-state index is -0.234. The van der Waals surface area contributed by atoms with Crippen molar-refractivity contribution in [2.75, 3.05) is 19.6 Å². The SMILES string of the molecule is Cc1nn(Cc2ccccc2)c(C)c1CNC(=O)CN1CCC(C(N)=O)CC1. The molecule has 1 aromatic carbocycles.